The second-order valence-corrected chi connectivity index (χ2v) is 6.68. The lowest BCUT2D eigenvalue weighted by atomic mass is 10.1. The summed E-state index contributed by atoms with van der Waals surface area (Å²) in [6, 6.07) is 0. The third-order valence-electron chi connectivity index (χ3n) is 2.70. The molecule has 8 heteroatoms. The minimum absolute atomic E-state index is 0.0425. The topological polar surface area (TPSA) is 91.9 Å². The van der Waals surface area contributed by atoms with Crippen molar-refractivity contribution in [2.45, 2.75) is 6.42 Å². The number of sulfone groups is 1. The molecule has 1 fully saturated rings. The summed E-state index contributed by atoms with van der Waals surface area (Å²) < 4.78 is 22.5. The Bertz CT molecular complexity index is 569. The molecule has 1 aliphatic heterocycles. The van der Waals surface area contributed by atoms with E-state index in [4.69, 9.17) is 11.6 Å². The number of aromatic nitrogens is 2. The molecule has 1 saturated heterocycles. The van der Waals surface area contributed by atoms with Crippen LogP contribution in [-0.4, -0.2) is 36.7 Å². The molecule has 0 aliphatic carbocycles. The van der Waals surface area contributed by atoms with E-state index in [2.05, 4.69) is 15.5 Å². The van der Waals surface area contributed by atoms with Crippen LogP contribution in [-0.2, 0) is 9.84 Å². The summed E-state index contributed by atoms with van der Waals surface area (Å²) in [5, 5.41) is 8.82. The minimum atomic E-state index is -2.87. The van der Waals surface area contributed by atoms with Crippen LogP contribution in [0.15, 0.2) is 11.0 Å². The quantitative estimate of drug-likeness (QED) is 0.827. The zero-order valence-electron chi connectivity index (χ0n) is 8.94. The van der Waals surface area contributed by atoms with Gasteiger partial charge in [0.15, 0.2) is 9.84 Å². The fourth-order valence-corrected chi connectivity index (χ4v) is 3.81. The Kier molecular flexibility index (Phi) is 3.39. The van der Waals surface area contributed by atoms with Gasteiger partial charge in [-0.2, -0.15) is 5.10 Å². The maximum absolute atomic E-state index is 11.3. The highest BCUT2D eigenvalue weighted by atomic mass is 35.5. The van der Waals surface area contributed by atoms with Crippen LogP contribution in [0.2, 0.25) is 5.02 Å². The Labute approximate surface area is 103 Å². The van der Waals surface area contributed by atoms with Crippen LogP contribution in [0.3, 0.4) is 0 Å². The first-order valence-electron chi connectivity index (χ1n) is 5.15. The normalized spacial score (nSPS) is 22.5. The molecule has 1 aromatic rings. The highest BCUT2D eigenvalue weighted by Crippen LogP contribution is 2.20. The number of anilines is 1. The second-order valence-electron chi connectivity index (χ2n) is 4.08. The van der Waals surface area contributed by atoms with Crippen molar-refractivity contribution in [2.24, 2.45) is 5.92 Å². The van der Waals surface area contributed by atoms with E-state index < -0.39 is 15.4 Å². The summed E-state index contributed by atoms with van der Waals surface area (Å²) in [6.07, 6.45) is 2.05. The smallest absolute Gasteiger partial charge is 0.285 e. The largest absolute Gasteiger partial charge is 0.382 e. The van der Waals surface area contributed by atoms with Crippen LogP contribution in [0.25, 0.3) is 0 Å². The van der Waals surface area contributed by atoms with Gasteiger partial charge in [-0.3, -0.25) is 4.79 Å². The molecule has 0 bridgehead atoms. The van der Waals surface area contributed by atoms with E-state index in [9.17, 15) is 13.2 Å². The lowest BCUT2D eigenvalue weighted by Crippen LogP contribution is -2.18. The number of nitrogens with one attached hydrogen (secondary N) is 2. The first kappa shape index (κ1) is 12.4. The number of hydrogen-bond donors (Lipinski definition) is 2. The average Bonchev–Trinajstić information content (AvgIpc) is 2.61. The lowest BCUT2D eigenvalue weighted by molar-refractivity contribution is 0.596. The monoisotopic (exact) mass is 277 g/mol. The molecule has 1 aliphatic rings. The van der Waals surface area contributed by atoms with E-state index in [1.807, 2.05) is 0 Å². The van der Waals surface area contributed by atoms with Gasteiger partial charge in [-0.05, 0) is 12.3 Å². The highest BCUT2D eigenvalue weighted by Gasteiger charge is 2.27. The standard InChI is InChI=1S/C9H12ClN3O3S/c10-8-7(4-12-13-9(8)14)11-3-6-1-2-17(15,16)5-6/h4,6H,1-3,5H2,(H2,11,13,14). The highest BCUT2D eigenvalue weighted by molar-refractivity contribution is 7.91. The molecule has 2 rings (SSSR count). The molecule has 94 valence electrons. The van der Waals surface area contributed by atoms with Gasteiger partial charge < -0.3 is 5.32 Å². The van der Waals surface area contributed by atoms with E-state index in [0.717, 1.165) is 0 Å². The molecule has 0 spiro atoms. The van der Waals surface area contributed by atoms with Gasteiger partial charge in [0.2, 0.25) is 0 Å². The molecule has 2 N–H and O–H groups in total. The van der Waals surface area contributed by atoms with E-state index in [1.54, 1.807) is 0 Å². The summed E-state index contributed by atoms with van der Waals surface area (Å²) in [7, 11) is -2.87. The predicted octanol–water partition coefficient (Wildman–Crippen LogP) is 0.270. The van der Waals surface area contributed by atoms with Gasteiger partial charge >= 0.3 is 0 Å². The molecule has 2 heterocycles. The number of nitrogens with zero attached hydrogens (tertiary/aromatic N) is 1. The number of H-pyrrole nitrogens is 1. The van der Waals surface area contributed by atoms with Crippen molar-refractivity contribution < 1.29 is 8.42 Å². The minimum Gasteiger partial charge on any atom is -0.382 e. The summed E-state index contributed by atoms with van der Waals surface area (Å²) in [6.45, 7) is 0.476. The van der Waals surface area contributed by atoms with E-state index >= 15 is 0 Å². The molecule has 6 nitrogen and oxygen atoms in total. The molecular weight excluding hydrogens is 266 g/mol. The Morgan fingerprint density at radius 3 is 3.00 bits per heavy atom. The molecule has 0 radical (unpaired) electrons. The van der Waals surface area contributed by atoms with E-state index in [1.165, 1.54) is 6.20 Å². The number of rotatable bonds is 3. The molecule has 1 unspecified atom stereocenters. The molecule has 0 aromatic carbocycles. The summed E-state index contributed by atoms with van der Waals surface area (Å²) in [4.78, 5) is 11.2. The Hall–Kier alpha value is -1.08. The third-order valence-corrected chi connectivity index (χ3v) is 4.92. The zero-order chi connectivity index (χ0) is 12.5. The van der Waals surface area contributed by atoms with Gasteiger partial charge in [0.25, 0.3) is 5.56 Å². The van der Waals surface area contributed by atoms with Crippen molar-refractivity contribution in [3.8, 4) is 0 Å². The van der Waals surface area contributed by atoms with Gasteiger partial charge in [-0.25, -0.2) is 13.5 Å². The van der Waals surface area contributed by atoms with Gasteiger partial charge in [0.05, 0.1) is 23.4 Å². The Morgan fingerprint density at radius 1 is 1.59 bits per heavy atom. The summed E-state index contributed by atoms with van der Waals surface area (Å²) in [5.41, 5.74) is -0.0320. The Balaban J connectivity index is 1.99. The zero-order valence-corrected chi connectivity index (χ0v) is 10.5. The molecule has 17 heavy (non-hydrogen) atoms. The fourth-order valence-electron chi connectivity index (χ4n) is 1.79. The van der Waals surface area contributed by atoms with Crippen molar-refractivity contribution in [2.75, 3.05) is 23.4 Å². The SMILES string of the molecule is O=c1[nH]ncc(NCC2CCS(=O)(=O)C2)c1Cl. The van der Waals surface area contributed by atoms with E-state index in [0.29, 0.717) is 18.7 Å². The molecule has 0 amide bonds. The Morgan fingerprint density at radius 2 is 2.35 bits per heavy atom. The maximum Gasteiger partial charge on any atom is 0.285 e. The molecule has 0 saturated carbocycles. The van der Waals surface area contributed by atoms with Crippen LogP contribution in [0, 0.1) is 5.92 Å². The number of halogens is 1. The summed E-state index contributed by atoms with van der Waals surface area (Å²) in [5.74, 6) is 0.491. The van der Waals surface area contributed by atoms with Crippen LogP contribution < -0.4 is 10.9 Å². The molecular formula is C9H12ClN3O3S. The van der Waals surface area contributed by atoms with Crippen molar-refractivity contribution in [3.05, 3.63) is 21.6 Å². The second kappa shape index (κ2) is 4.66. The maximum atomic E-state index is 11.3. The van der Waals surface area contributed by atoms with Gasteiger partial charge in [0.1, 0.15) is 5.02 Å². The molecule has 1 aromatic heterocycles. The van der Waals surface area contributed by atoms with Gasteiger partial charge in [0, 0.05) is 6.54 Å². The van der Waals surface area contributed by atoms with Crippen LogP contribution in [0.5, 0.6) is 0 Å². The number of aromatic amines is 1. The predicted molar refractivity (Wildman–Crippen MR) is 65.1 cm³/mol. The molecule has 1 atom stereocenters. The first-order valence-corrected chi connectivity index (χ1v) is 7.35. The van der Waals surface area contributed by atoms with E-state index in [-0.39, 0.29) is 22.4 Å². The average molecular weight is 278 g/mol. The van der Waals surface area contributed by atoms with Crippen molar-refractivity contribution in [1.82, 2.24) is 10.2 Å². The van der Waals surface area contributed by atoms with Gasteiger partial charge in [-0.15, -0.1) is 0 Å². The summed E-state index contributed by atoms with van der Waals surface area (Å²) >= 11 is 5.77. The first-order chi connectivity index (χ1) is 7.98. The van der Waals surface area contributed by atoms with Crippen LogP contribution in [0.1, 0.15) is 6.42 Å². The number of hydrogen-bond acceptors (Lipinski definition) is 5. The van der Waals surface area contributed by atoms with Crippen LogP contribution in [0.4, 0.5) is 5.69 Å². The van der Waals surface area contributed by atoms with Crippen molar-refractivity contribution in [1.29, 1.82) is 0 Å². The lowest BCUT2D eigenvalue weighted by Gasteiger charge is -2.10. The fraction of sp³-hybridized carbons (Fsp3) is 0.556. The van der Waals surface area contributed by atoms with Gasteiger partial charge in [-0.1, -0.05) is 11.6 Å². The third kappa shape index (κ3) is 2.98. The van der Waals surface area contributed by atoms with Crippen molar-refractivity contribution >= 4 is 27.1 Å². The van der Waals surface area contributed by atoms with Crippen molar-refractivity contribution in [3.63, 3.8) is 0 Å². The van der Waals surface area contributed by atoms with Crippen LogP contribution >= 0.6 is 11.6 Å².